The van der Waals surface area contributed by atoms with Crippen molar-refractivity contribution in [2.24, 2.45) is 4.99 Å². The molecule has 30 heavy (non-hydrogen) atoms. The van der Waals surface area contributed by atoms with E-state index in [9.17, 15) is 23.3 Å². The fourth-order valence-corrected chi connectivity index (χ4v) is 5.46. The van der Waals surface area contributed by atoms with Crippen LogP contribution in [0.5, 0.6) is 0 Å². The second-order valence-electron chi connectivity index (χ2n) is 6.78. The number of hydrogen-bond acceptors (Lipinski definition) is 6. The monoisotopic (exact) mass is 447 g/mol. The highest BCUT2D eigenvalue weighted by atomic mass is 32.2. The summed E-state index contributed by atoms with van der Waals surface area (Å²) in [7, 11) is -3.45. The average Bonchev–Trinajstić information content (AvgIpc) is 3.03. The van der Waals surface area contributed by atoms with E-state index in [-0.39, 0.29) is 29.2 Å². The zero-order chi connectivity index (χ0) is 21.9. The van der Waals surface area contributed by atoms with Gasteiger partial charge in [0, 0.05) is 25.1 Å². The maximum Gasteiger partial charge on any atom is 0.270 e. The fourth-order valence-electron chi connectivity index (χ4n) is 3.01. The third-order valence-electron chi connectivity index (χ3n) is 4.60. The lowest BCUT2D eigenvalue weighted by molar-refractivity contribution is -0.384. The van der Waals surface area contributed by atoms with Gasteiger partial charge in [-0.2, -0.15) is 4.99 Å². The second-order valence-corrected chi connectivity index (χ2v) is 9.90. The van der Waals surface area contributed by atoms with Gasteiger partial charge in [-0.05, 0) is 38.5 Å². The number of fused-ring (bicyclic) bond motifs is 1. The van der Waals surface area contributed by atoms with Crippen molar-refractivity contribution in [2.75, 3.05) is 5.75 Å². The Morgan fingerprint density at radius 1 is 1.20 bits per heavy atom. The first kappa shape index (κ1) is 21.8. The molecule has 3 rings (SSSR count). The molecule has 0 aliphatic carbocycles. The second kappa shape index (κ2) is 8.88. The predicted octanol–water partition coefficient (Wildman–Crippen LogP) is 3.62. The van der Waals surface area contributed by atoms with Gasteiger partial charge in [-0.25, -0.2) is 8.42 Å². The summed E-state index contributed by atoms with van der Waals surface area (Å²) >= 11 is 1.20. The summed E-state index contributed by atoms with van der Waals surface area (Å²) in [5.41, 5.74) is 1.72. The molecule has 1 aromatic heterocycles. The van der Waals surface area contributed by atoms with Gasteiger partial charge < -0.3 is 4.57 Å². The summed E-state index contributed by atoms with van der Waals surface area (Å²) in [4.78, 5) is 27.6. The quantitative estimate of drug-likeness (QED) is 0.406. The number of sulfone groups is 1. The van der Waals surface area contributed by atoms with Crippen LogP contribution in [0.15, 0.2) is 52.4 Å². The van der Waals surface area contributed by atoms with Gasteiger partial charge in [0.1, 0.15) is 0 Å². The Bertz CT molecular complexity index is 1270. The van der Waals surface area contributed by atoms with Gasteiger partial charge in [0.2, 0.25) is 5.91 Å². The molecule has 1 amide bonds. The molecule has 0 aliphatic rings. The first-order valence-electron chi connectivity index (χ1n) is 9.36. The van der Waals surface area contributed by atoms with Crippen LogP contribution in [0.3, 0.4) is 0 Å². The lowest BCUT2D eigenvalue weighted by Gasteiger charge is -2.04. The third kappa shape index (κ3) is 4.82. The molecule has 0 unspecified atom stereocenters. The van der Waals surface area contributed by atoms with E-state index in [0.29, 0.717) is 16.0 Å². The van der Waals surface area contributed by atoms with E-state index in [0.717, 1.165) is 11.1 Å². The van der Waals surface area contributed by atoms with Crippen molar-refractivity contribution >= 4 is 43.0 Å². The molecular weight excluding hydrogens is 426 g/mol. The number of nitro groups is 1. The molecule has 0 N–H and O–H groups in total. The molecule has 2 aromatic carbocycles. The van der Waals surface area contributed by atoms with E-state index < -0.39 is 20.7 Å². The Balaban J connectivity index is 1.75. The van der Waals surface area contributed by atoms with E-state index in [1.807, 2.05) is 18.4 Å². The molecule has 0 saturated carbocycles. The van der Waals surface area contributed by atoms with Gasteiger partial charge in [-0.15, -0.1) is 0 Å². The zero-order valence-electron chi connectivity index (χ0n) is 16.6. The van der Waals surface area contributed by atoms with Crippen LogP contribution in [0.1, 0.15) is 25.3 Å². The van der Waals surface area contributed by atoms with Crippen LogP contribution in [-0.4, -0.2) is 29.6 Å². The molecule has 0 aliphatic heterocycles. The number of carbonyl (C=O) groups is 1. The molecule has 0 spiro atoms. The van der Waals surface area contributed by atoms with Crippen LogP contribution in [-0.2, 0) is 21.2 Å². The number of nitrogens with zero attached hydrogens (tertiary/aromatic N) is 3. The molecule has 3 aromatic rings. The largest absolute Gasteiger partial charge is 0.317 e. The number of hydrogen-bond donors (Lipinski definition) is 0. The summed E-state index contributed by atoms with van der Waals surface area (Å²) in [6.45, 7) is 4.32. The van der Waals surface area contributed by atoms with Crippen LogP contribution < -0.4 is 4.80 Å². The Kier molecular flexibility index (Phi) is 6.47. The van der Waals surface area contributed by atoms with Crippen molar-refractivity contribution < 1.29 is 18.1 Å². The Morgan fingerprint density at radius 3 is 2.53 bits per heavy atom. The topological polar surface area (TPSA) is 112 Å². The molecule has 158 valence electrons. The Labute approximate surface area is 177 Å². The molecule has 0 atom stereocenters. The standard InChI is InChI=1S/C20H21N3O5S2/c1-3-22-17-11-8-15(23(25)26)13-18(17)29-20(22)21-19(24)5-4-12-30(27,28)16-9-6-14(2)7-10-16/h6-11,13H,3-5,12H2,1-2H3. The first-order valence-corrected chi connectivity index (χ1v) is 11.8. The predicted molar refractivity (Wildman–Crippen MR) is 115 cm³/mol. The van der Waals surface area contributed by atoms with E-state index in [4.69, 9.17) is 0 Å². The highest BCUT2D eigenvalue weighted by molar-refractivity contribution is 7.91. The smallest absolute Gasteiger partial charge is 0.270 e. The molecule has 0 bridgehead atoms. The van der Waals surface area contributed by atoms with Gasteiger partial charge in [-0.1, -0.05) is 29.0 Å². The SMILES string of the molecule is CCn1c(=NC(=O)CCCS(=O)(=O)c2ccc(C)cc2)sc2cc([N+](=O)[O-])ccc21. The van der Waals surface area contributed by atoms with Crippen molar-refractivity contribution in [1.29, 1.82) is 0 Å². The van der Waals surface area contributed by atoms with E-state index >= 15 is 0 Å². The average molecular weight is 448 g/mol. The number of aryl methyl sites for hydroxylation is 2. The first-order chi connectivity index (χ1) is 14.2. The summed E-state index contributed by atoms with van der Waals surface area (Å²) in [6, 6.07) is 11.1. The molecule has 0 radical (unpaired) electrons. The van der Waals surface area contributed by atoms with E-state index in [2.05, 4.69) is 4.99 Å². The van der Waals surface area contributed by atoms with Gasteiger partial charge >= 0.3 is 0 Å². The minimum Gasteiger partial charge on any atom is -0.317 e. The molecule has 8 nitrogen and oxygen atoms in total. The highest BCUT2D eigenvalue weighted by Crippen LogP contribution is 2.23. The molecular formula is C20H21N3O5S2. The van der Waals surface area contributed by atoms with E-state index in [1.54, 1.807) is 30.3 Å². The molecule has 10 heteroatoms. The van der Waals surface area contributed by atoms with Gasteiger partial charge in [0.25, 0.3) is 5.69 Å². The molecule has 0 saturated heterocycles. The fraction of sp³-hybridized carbons (Fsp3) is 0.300. The van der Waals surface area contributed by atoms with Gasteiger partial charge in [-0.3, -0.25) is 14.9 Å². The van der Waals surface area contributed by atoms with Crippen molar-refractivity contribution in [3.05, 3.63) is 62.9 Å². The normalized spacial score (nSPS) is 12.4. The minimum atomic E-state index is -3.45. The lowest BCUT2D eigenvalue weighted by Crippen LogP contribution is -2.16. The van der Waals surface area contributed by atoms with Crippen LogP contribution in [0.25, 0.3) is 10.2 Å². The number of thiazole rings is 1. The van der Waals surface area contributed by atoms with Crippen molar-refractivity contribution in [1.82, 2.24) is 4.57 Å². The maximum absolute atomic E-state index is 12.4. The number of aromatic nitrogens is 1. The van der Waals surface area contributed by atoms with Crippen molar-refractivity contribution in [2.45, 2.75) is 38.1 Å². The number of non-ortho nitro benzene ring substituents is 1. The summed E-state index contributed by atoms with van der Waals surface area (Å²) in [5, 5.41) is 11.0. The van der Waals surface area contributed by atoms with Crippen LogP contribution in [0.2, 0.25) is 0 Å². The Morgan fingerprint density at radius 2 is 1.90 bits per heavy atom. The number of benzene rings is 2. The number of rotatable bonds is 7. The van der Waals surface area contributed by atoms with Gasteiger partial charge in [0.15, 0.2) is 14.6 Å². The van der Waals surface area contributed by atoms with Crippen LogP contribution in [0.4, 0.5) is 5.69 Å². The minimum absolute atomic E-state index is 0.00317. The van der Waals surface area contributed by atoms with Crippen molar-refractivity contribution in [3.8, 4) is 0 Å². The van der Waals surface area contributed by atoms with E-state index in [1.165, 1.54) is 23.5 Å². The summed E-state index contributed by atoms with van der Waals surface area (Å²) in [5.74, 6) is -0.554. The zero-order valence-corrected chi connectivity index (χ0v) is 18.2. The highest BCUT2D eigenvalue weighted by Gasteiger charge is 2.15. The number of carbonyl (C=O) groups excluding carboxylic acids is 1. The van der Waals surface area contributed by atoms with Crippen LogP contribution in [0, 0.1) is 17.0 Å². The molecule has 1 heterocycles. The van der Waals surface area contributed by atoms with Gasteiger partial charge in [0.05, 0.1) is 25.8 Å². The van der Waals surface area contributed by atoms with Crippen LogP contribution >= 0.6 is 11.3 Å². The number of nitro benzene ring substituents is 1. The summed E-state index contributed by atoms with van der Waals surface area (Å²) in [6.07, 6.45) is 0.171. The third-order valence-corrected chi connectivity index (χ3v) is 7.46. The molecule has 0 fully saturated rings. The lowest BCUT2D eigenvalue weighted by atomic mass is 10.2. The maximum atomic E-state index is 12.4. The Hall–Kier alpha value is -2.85. The summed E-state index contributed by atoms with van der Waals surface area (Å²) < 4.78 is 27.3. The number of amides is 1. The van der Waals surface area contributed by atoms with Crippen molar-refractivity contribution in [3.63, 3.8) is 0 Å².